The van der Waals surface area contributed by atoms with Gasteiger partial charge in [0.05, 0.1) is 5.56 Å². The maximum Gasteiger partial charge on any atom is 0.335 e. The lowest BCUT2D eigenvalue weighted by molar-refractivity contribution is 0.0696. The summed E-state index contributed by atoms with van der Waals surface area (Å²) in [6, 6.07) is 3.52. The van der Waals surface area contributed by atoms with E-state index in [4.69, 9.17) is 9.84 Å². The Balaban J connectivity index is 1.87. The van der Waals surface area contributed by atoms with E-state index >= 15 is 0 Å². The molecule has 0 unspecified atom stereocenters. The van der Waals surface area contributed by atoms with E-state index in [1.165, 1.54) is 0 Å². The Morgan fingerprint density at radius 3 is 2.72 bits per heavy atom. The number of carbonyl (C=O) groups is 1. The van der Waals surface area contributed by atoms with Gasteiger partial charge in [-0.15, -0.1) is 0 Å². The van der Waals surface area contributed by atoms with Gasteiger partial charge >= 0.3 is 5.97 Å². The molecular formula is C15H14O3. The van der Waals surface area contributed by atoms with Crippen LogP contribution in [0.4, 0.5) is 0 Å². The van der Waals surface area contributed by atoms with E-state index in [1.807, 2.05) is 6.08 Å². The van der Waals surface area contributed by atoms with Crippen LogP contribution in [0.5, 0.6) is 5.75 Å². The maximum absolute atomic E-state index is 11.2. The van der Waals surface area contributed by atoms with Crippen LogP contribution in [0.2, 0.25) is 0 Å². The Hall–Kier alpha value is -1.77. The molecular weight excluding hydrogens is 228 g/mol. The monoisotopic (exact) mass is 242 g/mol. The van der Waals surface area contributed by atoms with Crippen LogP contribution in [-0.2, 0) is 0 Å². The van der Waals surface area contributed by atoms with Gasteiger partial charge in [-0.25, -0.2) is 4.79 Å². The molecule has 0 amide bonds. The second kappa shape index (κ2) is 3.16. The van der Waals surface area contributed by atoms with Gasteiger partial charge in [-0.3, -0.25) is 0 Å². The van der Waals surface area contributed by atoms with E-state index < -0.39 is 5.97 Å². The second-order valence-corrected chi connectivity index (χ2v) is 5.56. The molecule has 2 fully saturated rings. The molecule has 3 aliphatic rings. The van der Waals surface area contributed by atoms with Crippen molar-refractivity contribution in [1.29, 1.82) is 0 Å². The minimum atomic E-state index is -0.861. The summed E-state index contributed by atoms with van der Waals surface area (Å²) in [7, 11) is 0. The molecule has 1 aromatic carbocycles. The Labute approximate surface area is 105 Å². The van der Waals surface area contributed by atoms with Crippen LogP contribution in [0, 0.1) is 0 Å². The molecule has 2 saturated carbocycles. The zero-order chi connectivity index (χ0) is 12.3. The van der Waals surface area contributed by atoms with E-state index in [0.717, 1.165) is 42.6 Å². The van der Waals surface area contributed by atoms with Crippen molar-refractivity contribution >= 4 is 12.0 Å². The Kier molecular flexibility index (Phi) is 1.79. The van der Waals surface area contributed by atoms with E-state index in [9.17, 15) is 4.79 Å². The predicted molar refractivity (Wildman–Crippen MR) is 67.0 cm³/mol. The van der Waals surface area contributed by atoms with E-state index in [0.29, 0.717) is 11.5 Å². The van der Waals surface area contributed by atoms with Crippen LogP contribution in [-0.4, -0.2) is 16.7 Å². The zero-order valence-electron chi connectivity index (χ0n) is 9.98. The van der Waals surface area contributed by atoms with Crippen molar-refractivity contribution in [1.82, 2.24) is 0 Å². The summed E-state index contributed by atoms with van der Waals surface area (Å²) in [6.07, 6.45) is 8.56. The number of rotatable bonds is 2. The highest BCUT2D eigenvalue weighted by Crippen LogP contribution is 2.52. The number of aromatic carboxylic acids is 1. The molecule has 2 aliphatic carbocycles. The first kappa shape index (κ1) is 10.2. The number of carboxylic acid groups (broad SMARTS) is 1. The summed E-state index contributed by atoms with van der Waals surface area (Å²) in [4.78, 5) is 11.2. The number of ether oxygens (including phenoxy) is 1. The van der Waals surface area contributed by atoms with Crippen molar-refractivity contribution in [3.8, 4) is 5.75 Å². The van der Waals surface area contributed by atoms with Gasteiger partial charge < -0.3 is 9.84 Å². The average Bonchev–Trinajstić information content (AvgIpc) is 3.24. The molecule has 0 atom stereocenters. The third-order valence-corrected chi connectivity index (χ3v) is 4.03. The van der Waals surface area contributed by atoms with Crippen molar-refractivity contribution in [3.63, 3.8) is 0 Å². The molecule has 0 saturated heterocycles. The summed E-state index contributed by atoms with van der Waals surface area (Å²) in [6.45, 7) is 0. The highest BCUT2D eigenvalue weighted by molar-refractivity contribution is 5.90. The second-order valence-electron chi connectivity index (χ2n) is 5.56. The predicted octanol–water partition coefficient (Wildman–Crippen LogP) is 3.20. The number of hydrogen-bond donors (Lipinski definition) is 1. The fraction of sp³-hybridized carbons (Fsp3) is 0.400. The van der Waals surface area contributed by atoms with Crippen LogP contribution >= 0.6 is 0 Å². The molecule has 0 aromatic heterocycles. The van der Waals surface area contributed by atoms with Crippen molar-refractivity contribution in [2.75, 3.05) is 0 Å². The Bertz CT molecular complexity index is 578. The van der Waals surface area contributed by atoms with Crippen LogP contribution in [0.3, 0.4) is 0 Å². The average molecular weight is 242 g/mol. The van der Waals surface area contributed by atoms with Gasteiger partial charge in [0.1, 0.15) is 11.4 Å². The summed E-state index contributed by atoms with van der Waals surface area (Å²) < 4.78 is 6.12. The summed E-state index contributed by atoms with van der Waals surface area (Å²) in [5, 5.41) is 9.16. The van der Waals surface area contributed by atoms with Crippen LogP contribution < -0.4 is 4.74 Å². The third-order valence-electron chi connectivity index (χ3n) is 4.03. The smallest absolute Gasteiger partial charge is 0.335 e. The van der Waals surface area contributed by atoms with Crippen LogP contribution in [0.25, 0.3) is 6.08 Å². The number of fused-ring (bicyclic) bond motifs is 1. The SMILES string of the molecule is O=C(O)c1cc2c(c(C3CC3)c1)OC1(C=C2)CC1. The fourth-order valence-corrected chi connectivity index (χ4v) is 2.61. The van der Waals surface area contributed by atoms with Gasteiger partial charge in [0.25, 0.3) is 0 Å². The highest BCUT2D eigenvalue weighted by Gasteiger charge is 2.46. The molecule has 4 rings (SSSR count). The molecule has 3 nitrogen and oxygen atoms in total. The van der Waals surface area contributed by atoms with Gasteiger partial charge in [-0.2, -0.15) is 0 Å². The molecule has 92 valence electrons. The maximum atomic E-state index is 11.2. The molecule has 1 aliphatic heterocycles. The van der Waals surface area contributed by atoms with Crippen molar-refractivity contribution in [2.24, 2.45) is 0 Å². The lowest BCUT2D eigenvalue weighted by atomic mass is 9.98. The van der Waals surface area contributed by atoms with Gasteiger partial charge in [0, 0.05) is 5.56 Å². The molecule has 18 heavy (non-hydrogen) atoms. The van der Waals surface area contributed by atoms with E-state index in [1.54, 1.807) is 12.1 Å². The summed E-state index contributed by atoms with van der Waals surface area (Å²) in [5.74, 6) is 0.572. The topological polar surface area (TPSA) is 46.5 Å². The third kappa shape index (κ3) is 1.47. The van der Waals surface area contributed by atoms with Crippen LogP contribution in [0.15, 0.2) is 18.2 Å². The highest BCUT2D eigenvalue weighted by atomic mass is 16.5. The lowest BCUT2D eigenvalue weighted by Crippen LogP contribution is -2.19. The first-order valence-electron chi connectivity index (χ1n) is 6.46. The van der Waals surface area contributed by atoms with Gasteiger partial charge in [-0.1, -0.05) is 6.08 Å². The number of hydrogen-bond acceptors (Lipinski definition) is 2. The summed E-state index contributed by atoms with van der Waals surface area (Å²) in [5.41, 5.74) is 2.33. The molecule has 1 heterocycles. The first-order valence-corrected chi connectivity index (χ1v) is 6.46. The van der Waals surface area contributed by atoms with E-state index in [2.05, 4.69) is 6.08 Å². The number of carboxylic acids is 1. The zero-order valence-corrected chi connectivity index (χ0v) is 9.98. The Morgan fingerprint density at radius 1 is 1.33 bits per heavy atom. The minimum absolute atomic E-state index is 0.0681. The molecule has 1 spiro atoms. The van der Waals surface area contributed by atoms with Gasteiger partial charge in [0.15, 0.2) is 0 Å². The Morgan fingerprint density at radius 2 is 2.11 bits per heavy atom. The number of benzene rings is 1. The van der Waals surface area contributed by atoms with Crippen molar-refractivity contribution in [3.05, 3.63) is 34.9 Å². The molecule has 0 radical (unpaired) electrons. The van der Waals surface area contributed by atoms with Crippen molar-refractivity contribution < 1.29 is 14.6 Å². The van der Waals surface area contributed by atoms with Gasteiger partial charge in [-0.05, 0) is 55.4 Å². The first-order chi connectivity index (χ1) is 8.67. The largest absolute Gasteiger partial charge is 0.482 e. The quantitative estimate of drug-likeness (QED) is 0.866. The van der Waals surface area contributed by atoms with Crippen LogP contribution in [0.1, 0.15) is 53.1 Å². The van der Waals surface area contributed by atoms with E-state index in [-0.39, 0.29) is 5.60 Å². The minimum Gasteiger partial charge on any atom is -0.482 e. The molecule has 1 N–H and O–H groups in total. The van der Waals surface area contributed by atoms with Gasteiger partial charge in [0.2, 0.25) is 0 Å². The lowest BCUT2D eigenvalue weighted by Gasteiger charge is -2.24. The summed E-state index contributed by atoms with van der Waals surface area (Å²) >= 11 is 0. The fourth-order valence-electron chi connectivity index (χ4n) is 2.61. The standard InChI is InChI=1S/C15H14O3/c16-14(17)11-7-10-3-4-15(5-6-15)18-13(10)12(8-11)9-1-2-9/h3-4,7-9H,1-2,5-6H2,(H,16,17). The molecule has 0 bridgehead atoms. The molecule has 3 heteroatoms. The normalized spacial score (nSPS) is 22.4. The molecule has 1 aromatic rings. The van der Waals surface area contributed by atoms with Crippen molar-refractivity contribution in [2.45, 2.75) is 37.2 Å².